The number of unbranched alkanes of at least 4 members (excludes halogenated alkanes) is 3. The topological polar surface area (TPSA) is 21.3 Å². The van der Waals surface area contributed by atoms with Crippen molar-refractivity contribution < 1.29 is 4.74 Å². The SMILES string of the molecule is CC1=C(C)C2C(C)C(C)C([Si](C)(CCCCCCOC(C)(C)C)NC(C)(C)C)C2S1. The third-order valence-electron chi connectivity index (χ3n) is 7.56. The lowest BCUT2D eigenvalue weighted by atomic mass is 9.87. The molecular weight excluding hydrogens is 402 g/mol. The van der Waals surface area contributed by atoms with Crippen LogP contribution in [0.15, 0.2) is 10.5 Å². The van der Waals surface area contributed by atoms with Crippen molar-refractivity contribution in [3.05, 3.63) is 10.5 Å². The highest BCUT2D eigenvalue weighted by molar-refractivity contribution is 8.04. The largest absolute Gasteiger partial charge is 0.376 e. The van der Waals surface area contributed by atoms with Crippen LogP contribution in [0, 0.1) is 17.8 Å². The Morgan fingerprint density at radius 2 is 1.53 bits per heavy atom. The van der Waals surface area contributed by atoms with E-state index in [1.807, 2.05) is 0 Å². The first-order chi connectivity index (χ1) is 13.7. The third kappa shape index (κ3) is 6.62. The van der Waals surface area contributed by atoms with Gasteiger partial charge < -0.3 is 9.72 Å². The maximum absolute atomic E-state index is 5.91. The van der Waals surface area contributed by atoms with Crippen molar-refractivity contribution in [1.29, 1.82) is 0 Å². The number of nitrogens with one attached hydrogen (secondary N) is 1. The standard InChI is InChI=1S/C26H51NOSSi/c1-18-19(2)24(23-22(18)20(3)21(4)29-23)30(11,27-25(5,6)7)17-15-13-12-14-16-28-26(8,9)10/h18-19,22-24,27H,12-17H2,1-11H3. The van der Waals surface area contributed by atoms with Gasteiger partial charge in [0.15, 0.2) is 0 Å². The van der Waals surface area contributed by atoms with Gasteiger partial charge in [-0.2, -0.15) is 0 Å². The number of hydrogen-bond donors (Lipinski definition) is 1. The van der Waals surface area contributed by atoms with Gasteiger partial charge in [-0.05, 0) is 96.1 Å². The Morgan fingerprint density at radius 1 is 0.933 bits per heavy atom. The summed E-state index contributed by atoms with van der Waals surface area (Å²) in [5.74, 6) is 2.44. The van der Waals surface area contributed by atoms with Crippen molar-refractivity contribution in [1.82, 2.24) is 4.98 Å². The summed E-state index contributed by atoms with van der Waals surface area (Å²) in [5, 5.41) is 0.807. The smallest absolute Gasteiger partial charge is 0.127 e. The van der Waals surface area contributed by atoms with E-state index in [0.717, 1.165) is 35.2 Å². The van der Waals surface area contributed by atoms with Crippen LogP contribution in [0.1, 0.15) is 94.9 Å². The summed E-state index contributed by atoms with van der Waals surface area (Å²) in [6.45, 7) is 27.0. The molecule has 1 N–H and O–H groups in total. The highest BCUT2D eigenvalue weighted by atomic mass is 32.2. The number of allylic oxidation sites excluding steroid dienone is 2. The lowest BCUT2D eigenvalue weighted by molar-refractivity contribution is -0.00471. The molecule has 1 fully saturated rings. The third-order valence-corrected chi connectivity index (χ3v) is 14.4. The minimum absolute atomic E-state index is 0.00277. The average molecular weight is 454 g/mol. The second kappa shape index (κ2) is 10.0. The summed E-state index contributed by atoms with van der Waals surface area (Å²) < 4.78 is 5.91. The van der Waals surface area contributed by atoms with E-state index in [0.29, 0.717) is 0 Å². The van der Waals surface area contributed by atoms with E-state index in [4.69, 9.17) is 4.74 Å². The molecule has 176 valence electrons. The first kappa shape index (κ1) is 26.5. The minimum atomic E-state index is -1.63. The second-order valence-electron chi connectivity index (χ2n) is 12.5. The second-order valence-corrected chi connectivity index (χ2v) is 18.2. The van der Waals surface area contributed by atoms with Crippen LogP contribution in [0.25, 0.3) is 0 Å². The van der Waals surface area contributed by atoms with Gasteiger partial charge in [0.2, 0.25) is 0 Å². The molecule has 0 aromatic carbocycles. The van der Waals surface area contributed by atoms with Crippen LogP contribution >= 0.6 is 11.8 Å². The van der Waals surface area contributed by atoms with Gasteiger partial charge in [-0.25, -0.2) is 0 Å². The number of ether oxygens (including phenoxy) is 1. The van der Waals surface area contributed by atoms with E-state index in [1.54, 1.807) is 10.5 Å². The monoisotopic (exact) mass is 453 g/mol. The van der Waals surface area contributed by atoms with Crippen LogP contribution in [-0.2, 0) is 4.74 Å². The number of thioether (sulfide) groups is 1. The molecule has 0 saturated heterocycles. The van der Waals surface area contributed by atoms with Gasteiger partial charge in [0.25, 0.3) is 0 Å². The molecule has 0 amide bonds. The van der Waals surface area contributed by atoms with Gasteiger partial charge in [-0.15, -0.1) is 11.8 Å². The molecular formula is C26H51NOSSi. The van der Waals surface area contributed by atoms with E-state index in [2.05, 4.69) is 92.5 Å². The predicted molar refractivity (Wildman–Crippen MR) is 139 cm³/mol. The van der Waals surface area contributed by atoms with Crippen LogP contribution < -0.4 is 4.98 Å². The summed E-state index contributed by atoms with van der Waals surface area (Å²) in [7, 11) is -1.63. The highest BCUT2D eigenvalue weighted by Gasteiger charge is 2.57. The molecule has 4 heteroatoms. The fourth-order valence-corrected chi connectivity index (χ4v) is 14.8. The van der Waals surface area contributed by atoms with Gasteiger partial charge in [-0.3, -0.25) is 0 Å². The molecule has 2 nitrogen and oxygen atoms in total. The zero-order valence-electron chi connectivity index (χ0n) is 21.9. The fraction of sp³-hybridized carbons (Fsp3) is 0.923. The Labute approximate surface area is 193 Å². The van der Waals surface area contributed by atoms with Gasteiger partial charge >= 0.3 is 0 Å². The molecule has 0 radical (unpaired) electrons. The van der Waals surface area contributed by atoms with E-state index in [9.17, 15) is 0 Å². The number of hydrogen-bond acceptors (Lipinski definition) is 3. The molecule has 1 heterocycles. The Morgan fingerprint density at radius 3 is 2.10 bits per heavy atom. The Kier molecular flexibility index (Phi) is 8.84. The molecule has 1 saturated carbocycles. The molecule has 0 spiro atoms. The van der Waals surface area contributed by atoms with Crippen molar-refractivity contribution in [2.75, 3.05) is 6.61 Å². The van der Waals surface area contributed by atoms with Gasteiger partial charge in [0.1, 0.15) is 8.24 Å². The van der Waals surface area contributed by atoms with E-state index < -0.39 is 8.24 Å². The lowest BCUT2D eigenvalue weighted by Gasteiger charge is -2.44. The van der Waals surface area contributed by atoms with Crippen molar-refractivity contribution in [3.8, 4) is 0 Å². The molecule has 0 bridgehead atoms. The van der Waals surface area contributed by atoms with Crippen molar-refractivity contribution in [2.24, 2.45) is 17.8 Å². The maximum atomic E-state index is 5.91. The number of fused-ring (bicyclic) bond motifs is 1. The van der Waals surface area contributed by atoms with Crippen LogP contribution in [0.5, 0.6) is 0 Å². The summed E-state index contributed by atoms with van der Waals surface area (Å²) in [4.78, 5) is 5.88. The van der Waals surface area contributed by atoms with Gasteiger partial charge in [0.05, 0.1) is 5.60 Å². The Balaban J connectivity index is 2.03. The molecule has 2 rings (SSSR count). The zero-order chi connectivity index (χ0) is 22.9. The maximum Gasteiger partial charge on any atom is 0.127 e. The van der Waals surface area contributed by atoms with Crippen molar-refractivity contribution in [3.63, 3.8) is 0 Å². The molecule has 0 aromatic rings. The normalized spacial score (nSPS) is 31.9. The average Bonchev–Trinajstić information content (AvgIpc) is 2.98. The molecule has 6 atom stereocenters. The van der Waals surface area contributed by atoms with E-state index in [1.165, 1.54) is 31.7 Å². The van der Waals surface area contributed by atoms with Crippen LogP contribution in [0.2, 0.25) is 18.1 Å². The summed E-state index contributed by atoms with van der Waals surface area (Å²) >= 11 is 2.22. The molecule has 2 aliphatic rings. The Hall–Kier alpha value is 0.227. The van der Waals surface area contributed by atoms with Gasteiger partial charge in [-0.1, -0.05) is 45.2 Å². The van der Waals surface area contributed by atoms with E-state index in [-0.39, 0.29) is 11.1 Å². The fourth-order valence-electron chi connectivity index (χ4n) is 6.23. The first-order valence-electron chi connectivity index (χ1n) is 12.4. The minimum Gasteiger partial charge on any atom is -0.376 e. The molecule has 1 aliphatic heterocycles. The lowest BCUT2D eigenvalue weighted by Crippen LogP contribution is -2.61. The van der Waals surface area contributed by atoms with Gasteiger partial charge in [0, 0.05) is 17.4 Å². The number of rotatable bonds is 9. The molecule has 6 unspecified atom stereocenters. The summed E-state index contributed by atoms with van der Waals surface area (Å²) in [5.41, 5.74) is 2.75. The molecule has 1 aliphatic carbocycles. The molecule has 30 heavy (non-hydrogen) atoms. The highest BCUT2D eigenvalue weighted by Crippen LogP contribution is 2.62. The summed E-state index contributed by atoms with van der Waals surface area (Å²) in [6.07, 6.45) is 5.21. The Bertz CT molecular complexity index is 605. The van der Waals surface area contributed by atoms with Crippen molar-refractivity contribution in [2.45, 2.75) is 129 Å². The summed E-state index contributed by atoms with van der Waals surface area (Å²) in [6, 6.07) is 1.41. The zero-order valence-corrected chi connectivity index (χ0v) is 23.8. The predicted octanol–water partition coefficient (Wildman–Crippen LogP) is 8.01. The van der Waals surface area contributed by atoms with Crippen LogP contribution in [0.4, 0.5) is 0 Å². The van der Waals surface area contributed by atoms with E-state index >= 15 is 0 Å². The van der Waals surface area contributed by atoms with Crippen LogP contribution in [0.3, 0.4) is 0 Å². The quantitative estimate of drug-likeness (QED) is 0.282. The van der Waals surface area contributed by atoms with Crippen LogP contribution in [-0.4, -0.2) is 31.2 Å². The van der Waals surface area contributed by atoms with Crippen molar-refractivity contribution >= 4 is 20.0 Å². The first-order valence-corrected chi connectivity index (χ1v) is 16.1. The molecule has 0 aromatic heterocycles.